The van der Waals surface area contributed by atoms with Crippen LogP contribution in [0.15, 0.2) is 12.3 Å². The number of hydrogen-bond donors (Lipinski definition) is 2. The molecule has 0 radical (unpaired) electrons. The third kappa shape index (κ3) is 4.69. The van der Waals surface area contributed by atoms with E-state index >= 15 is 0 Å². The summed E-state index contributed by atoms with van der Waals surface area (Å²) in [5.74, 6) is 0.470. The number of likely N-dealkylation sites (N-methyl/N-ethyl adjacent to an activating group) is 1. The molecule has 0 saturated heterocycles. The molecule has 0 saturated carbocycles. The van der Waals surface area contributed by atoms with Crippen LogP contribution in [0.1, 0.15) is 24.2 Å². The lowest BCUT2D eigenvalue weighted by atomic mass is 10.2. The van der Waals surface area contributed by atoms with E-state index in [1.54, 1.807) is 6.07 Å². The van der Waals surface area contributed by atoms with Gasteiger partial charge in [-0.2, -0.15) is 0 Å². The summed E-state index contributed by atoms with van der Waals surface area (Å²) >= 11 is 6.01. The molecule has 1 unspecified atom stereocenters. The summed E-state index contributed by atoms with van der Waals surface area (Å²) in [7, 11) is 3.94. The molecule has 1 amide bonds. The summed E-state index contributed by atoms with van der Waals surface area (Å²) < 4.78 is 0. The summed E-state index contributed by atoms with van der Waals surface area (Å²) in [6, 6.07) is 1.93. The molecule has 0 fully saturated rings. The Labute approximate surface area is 119 Å². The van der Waals surface area contributed by atoms with Gasteiger partial charge in [-0.3, -0.25) is 4.79 Å². The first-order chi connectivity index (χ1) is 8.95. The molecule has 1 aromatic heterocycles. The van der Waals surface area contributed by atoms with Crippen molar-refractivity contribution in [2.24, 2.45) is 0 Å². The van der Waals surface area contributed by atoms with Crippen molar-refractivity contribution in [3.63, 3.8) is 0 Å². The van der Waals surface area contributed by atoms with Crippen LogP contribution in [0.3, 0.4) is 0 Å². The monoisotopic (exact) mass is 284 g/mol. The molecule has 0 aliphatic heterocycles. The standard InChI is InChI=1S/C13H21ClN4O/c1-5-15-12-6-10(11(14)8-16-12)13(19)17-7-9(2)18(3)4/h6,8-9H,5,7H2,1-4H3,(H,15,16)(H,17,19). The summed E-state index contributed by atoms with van der Waals surface area (Å²) in [4.78, 5) is 18.2. The van der Waals surface area contributed by atoms with Gasteiger partial charge in [0, 0.05) is 25.3 Å². The fourth-order valence-electron chi connectivity index (χ4n) is 1.41. The van der Waals surface area contributed by atoms with Gasteiger partial charge in [0.15, 0.2) is 0 Å². The smallest absolute Gasteiger partial charge is 0.253 e. The molecule has 2 N–H and O–H groups in total. The van der Waals surface area contributed by atoms with E-state index in [0.29, 0.717) is 22.9 Å². The molecule has 19 heavy (non-hydrogen) atoms. The normalized spacial score (nSPS) is 12.3. The van der Waals surface area contributed by atoms with Gasteiger partial charge in [0.25, 0.3) is 5.91 Å². The molecule has 106 valence electrons. The Morgan fingerprint density at radius 2 is 2.21 bits per heavy atom. The number of pyridine rings is 1. The average Bonchev–Trinajstić information content (AvgIpc) is 2.37. The van der Waals surface area contributed by atoms with Gasteiger partial charge in [-0.1, -0.05) is 11.6 Å². The molecule has 0 spiro atoms. The molecular weight excluding hydrogens is 264 g/mol. The maximum absolute atomic E-state index is 12.1. The van der Waals surface area contributed by atoms with Crippen LogP contribution >= 0.6 is 11.6 Å². The first-order valence-corrected chi connectivity index (χ1v) is 6.67. The van der Waals surface area contributed by atoms with E-state index in [9.17, 15) is 4.79 Å². The second-order valence-electron chi connectivity index (χ2n) is 4.60. The number of rotatable bonds is 6. The molecule has 6 heteroatoms. The topological polar surface area (TPSA) is 57.3 Å². The number of carbonyl (C=O) groups excluding carboxylic acids is 1. The highest BCUT2D eigenvalue weighted by Crippen LogP contribution is 2.17. The Hall–Kier alpha value is -1.33. The molecule has 0 aromatic carbocycles. The zero-order chi connectivity index (χ0) is 14.4. The molecule has 1 aromatic rings. The van der Waals surface area contributed by atoms with Gasteiger partial charge in [-0.25, -0.2) is 4.98 Å². The van der Waals surface area contributed by atoms with Gasteiger partial charge in [0.2, 0.25) is 0 Å². The van der Waals surface area contributed by atoms with E-state index in [1.165, 1.54) is 6.20 Å². The van der Waals surface area contributed by atoms with Crippen LogP contribution in [0, 0.1) is 0 Å². The van der Waals surface area contributed by atoms with Crippen LogP contribution < -0.4 is 10.6 Å². The van der Waals surface area contributed by atoms with E-state index in [2.05, 4.69) is 15.6 Å². The molecule has 0 bridgehead atoms. The second-order valence-corrected chi connectivity index (χ2v) is 5.01. The zero-order valence-corrected chi connectivity index (χ0v) is 12.6. The number of nitrogens with zero attached hydrogens (tertiary/aromatic N) is 2. The Morgan fingerprint density at radius 3 is 2.79 bits per heavy atom. The minimum Gasteiger partial charge on any atom is -0.370 e. The number of halogens is 1. The van der Waals surface area contributed by atoms with Crippen LogP contribution in [0.25, 0.3) is 0 Å². The van der Waals surface area contributed by atoms with Gasteiger partial charge >= 0.3 is 0 Å². The fraction of sp³-hybridized carbons (Fsp3) is 0.538. The highest BCUT2D eigenvalue weighted by Gasteiger charge is 2.13. The number of hydrogen-bond acceptors (Lipinski definition) is 4. The van der Waals surface area contributed by atoms with Crippen molar-refractivity contribution in [1.29, 1.82) is 0 Å². The molecule has 0 aliphatic carbocycles. The quantitative estimate of drug-likeness (QED) is 0.837. The number of carbonyl (C=O) groups is 1. The van der Waals surface area contributed by atoms with E-state index in [1.807, 2.05) is 32.8 Å². The summed E-state index contributed by atoms with van der Waals surface area (Å²) in [6.07, 6.45) is 1.49. The minimum atomic E-state index is -0.180. The van der Waals surface area contributed by atoms with Crippen LogP contribution in [0.2, 0.25) is 5.02 Å². The Bertz CT molecular complexity index is 437. The average molecular weight is 285 g/mol. The molecule has 0 aliphatic rings. The Morgan fingerprint density at radius 1 is 1.53 bits per heavy atom. The largest absolute Gasteiger partial charge is 0.370 e. The van der Waals surface area contributed by atoms with Crippen LogP contribution in [0.5, 0.6) is 0 Å². The van der Waals surface area contributed by atoms with Crippen molar-refractivity contribution in [2.75, 3.05) is 32.5 Å². The van der Waals surface area contributed by atoms with E-state index in [0.717, 1.165) is 6.54 Å². The lowest BCUT2D eigenvalue weighted by Crippen LogP contribution is -2.38. The van der Waals surface area contributed by atoms with Crippen LogP contribution in [-0.2, 0) is 0 Å². The Balaban J connectivity index is 2.73. The van der Waals surface area contributed by atoms with Gasteiger partial charge in [-0.15, -0.1) is 0 Å². The van der Waals surface area contributed by atoms with Crippen molar-refractivity contribution in [3.05, 3.63) is 22.8 Å². The second kappa shape index (κ2) is 7.31. The van der Waals surface area contributed by atoms with Crippen molar-refractivity contribution < 1.29 is 4.79 Å². The number of aromatic nitrogens is 1. The Kier molecular flexibility index (Phi) is 6.05. The fourth-order valence-corrected chi connectivity index (χ4v) is 1.60. The molecule has 1 rings (SSSR count). The molecular formula is C13H21ClN4O. The third-order valence-corrected chi connectivity index (χ3v) is 3.20. The highest BCUT2D eigenvalue weighted by atomic mass is 35.5. The summed E-state index contributed by atoms with van der Waals surface area (Å²) in [6.45, 7) is 5.32. The summed E-state index contributed by atoms with van der Waals surface area (Å²) in [5, 5.41) is 6.28. The maximum atomic E-state index is 12.1. The van der Waals surface area contributed by atoms with Crippen LogP contribution in [-0.4, -0.2) is 49.0 Å². The molecule has 1 heterocycles. The van der Waals surface area contributed by atoms with Crippen molar-refractivity contribution in [2.45, 2.75) is 19.9 Å². The van der Waals surface area contributed by atoms with Crippen LogP contribution in [0.4, 0.5) is 5.82 Å². The van der Waals surface area contributed by atoms with Crippen molar-refractivity contribution >= 4 is 23.3 Å². The third-order valence-electron chi connectivity index (χ3n) is 2.90. The van der Waals surface area contributed by atoms with Gasteiger partial charge in [0.1, 0.15) is 5.82 Å². The van der Waals surface area contributed by atoms with Crippen molar-refractivity contribution in [3.8, 4) is 0 Å². The van der Waals surface area contributed by atoms with Gasteiger partial charge < -0.3 is 15.5 Å². The predicted octanol–water partition coefficient (Wildman–Crippen LogP) is 1.85. The van der Waals surface area contributed by atoms with Gasteiger partial charge in [-0.05, 0) is 34.0 Å². The van der Waals surface area contributed by atoms with E-state index in [-0.39, 0.29) is 11.9 Å². The summed E-state index contributed by atoms with van der Waals surface area (Å²) in [5.41, 5.74) is 0.443. The highest BCUT2D eigenvalue weighted by molar-refractivity contribution is 6.33. The zero-order valence-electron chi connectivity index (χ0n) is 11.8. The minimum absolute atomic E-state index is 0.180. The molecule has 1 atom stereocenters. The van der Waals surface area contributed by atoms with Gasteiger partial charge in [0.05, 0.1) is 10.6 Å². The number of amides is 1. The first-order valence-electron chi connectivity index (χ1n) is 6.29. The van der Waals surface area contributed by atoms with E-state index < -0.39 is 0 Å². The molecule has 5 nitrogen and oxygen atoms in total. The van der Waals surface area contributed by atoms with E-state index in [4.69, 9.17) is 11.6 Å². The number of anilines is 1. The lowest BCUT2D eigenvalue weighted by Gasteiger charge is -2.20. The maximum Gasteiger partial charge on any atom is 0.253 e. The number of nitrogens with one attached hydrogen (secondary N) is 2. The predicted molar refractivity (Wildman–Crippen MR) is 78.9 cm³/mol. The first kappa shape index (κ1) is 15.7. The van der Waals surface area contributed by atoms with Crippen molar-refractivity contribution in [1.82, 2.24) is 15.2 Å². The lowest BCUT2D eigenvalue weighted by molar-refractivity contribution is 0.0944. The SMILES string of the molecule is CCNc1cc(C(=O)NCC(C)N(C)C)c(Cl)cn1.